The smallest absolute Gasteiger partial charge is 0.344 e. The number of halogens is 2. The van der Waals surface area contributed by atoms with Gasteiger partial charge in [-0.1, -0.05) is 23.2 Å². The Labute approximate surface area is 246 Å². The SMILES string of the molecule is CN(C)Cc1cc(C(=O)c2ccc(OCC(=O)OC34CC5CC(CC(C5)C3)C4)c(Cl)c2Cl)cc(CN(C)C)c1O. The number of esters is 1. The molecule has 216 valence electrons. The van der Waals surface area contributed by atoms with Crippen LogP contribution in [0.1, 0.15) is 65.6 Å². The molecule has 6 rings (SSSR count). The first-order valence-electron chi connectivity index (χ1n) is 13.9. The fraction of sp³-hybridized carbons (Fsp3) is 0.548. The molecule has 4 saturated carbocycles. The lowest BCUT2D eigenvalue weighted by Crippen LogP contribution is -2.53. The maximum absolute atomic E-state index is 13.6. The Hall–Kier alpha value is -2.32. The fourth-order valence-electron chi connectivity index (χ4n) is 7.35. The molecule has 1 N–H and O–H groups in total. The van der Waals surface area contributed by atoms with Crippen molar-refractivity contribution >= 4 is 35.0 Å². The molecule has 4 fully saturated rings. The number of nitrogens with zero attached hydrogens (tertiary/aromatic N) is 2. The number of carbonyl (C=O) groups is 2. The molecule has 40 heavy (non-hydrogen) atoms. The molecule has 7 nitrogen and oxygen atoms in total. The second-order valence-electron chi connectivity index (χ2n) is 12.6. The van der Waals surface area contributed by atoms with Crippen LogP contribution in [0.25, 0.3) is 0 Å². The third-order valence-corrected chi connectivity index (χ3v) is 9.32. The molecule has 0 aliphatic heterocycles. The highest BCUT2D eigenvalue weighted by atomic mass is 35.5. The van der Waals surface area contributed by atoms with Crippen LogP contribution >= 0.6 is 23.2 Å². The molecule has 0 saturated heterocycles. The van der Waals surface area contributed by atoms with Crippen molar-refractivity contribution < 1.29 is 24.2 Å². The van der Waals surface area contributed by atoms with Gasteiger partial charge in [0.05, 0.1) is 5.02 Å². The van der Waals surface area contributed by atoms with E-state index in [1.807, 2.05) is 38.0 Å². The molecular formula is C31H38Cl2N2O5. The molecular weight excluding hydrogens is 551 g/mol. The fourth-order valence-corrected chi connectivity index (χ4v) is 7.81. The van der Waals surface area contributed by atoms with Crippen LogP contribution in [0, 0.1) is 17.8 Å². The predicted molar refractivity (Wildman–Crippen MR) is 155 cm³/mol. The van der Waals surface area contributed by atoms with Gasteiger partial charge in [-0.05, 0) is 109 Å². The zero-order chi connectivity index (χ0) is 28.8. The Morgan fingerprint density at radius 2 is 1.43 bits per heavy atom. The summed E-state index contributed by atoms with van der Waals surface area (Å²) in [6.07, 6.45) is 6.67. The average Bonchev–Trinajstić information content (AvgIpc) is 2.85. The second-order valence-corrected chi connectivity index (χ2v) is 13.3. The van der Waals surface area contributed by atoms with Crippen LogP contribution < -0.4 is 4.74 Å². The summed E-state index contributed by atoms with van der Waals surface area (Å²) in [6.45, 7) is 0.660. The normalized spacial score (nSPS) is 25.1. The maximum Gasteiger partial charge on any atom is 0.344 e. The molecule has 0 aromatic heterocycles. The van der Waals surface area contributed by atoms with E-state index in [4.69, 9.17) is 32.7 Å². The van der Waals surface area contributed by atoms with E-state index in [2.05, 4.69) is 0 Å². The predicted octanol–water partition coefficient (Wildman–Crippen LogP) is 5.94. The van der Waals surface area contributed by atoms with Gasteiger partial charge in [0.25, 0.3) is 0 Å². The van der Waals surface area contributed by atoms with Crippen LogP contribution in [0.15, 0.2) is 24.3 Å². The molecule has 0 atom stereocenters. The van der Waals surface area contributed by atoms with Gasteiger partial charge in [0.2, 0.25) is 0 Å². The quantitative estimate of drug-likeness (QED) is 0.271. The summed E-state index contributed by atoms with van der Waals surface area (Å²) in [6, 6.07) is 6.49. The molecule has 0 amide bonds. The lowest BCUT2D eigenvalue weighted by Gasteiger charge is -2.55. The van der Waals surface area contributed by atoms with Crippen molar-refractivity contribution in [2.75, 3.05) is 34.8 Å². The number of rotatable bonds is 10. The number of hydrogen-bond acceptors (Lipinski definition) is 7. The van der Waals surface area contributed by atoms with Crippen molar-refractivity contribution in [1.29, 1.82) is 0 Å². The zero-order valence-electron chi connectivity index (χ0n) is 23.6. The highest BCUT2D eigenvalue weighted by molar-refractivity contribution is 6.45. The Balaban J connectivity index is 1.30. The summed E-state index contributed by atoms with van der Waals surface area (Å²) >= 11 is 13.1. The monoisotopic (exact) mass is 588 g/mol. The van der Waals surface area contributed by atoms with Crippen LogP contribution in [-0.2, 0) is 22.6 Å². The average molecular weight is 590 g/mol. The van der Waals surface area contributed by atoms with Gasteiger partial charge in [0.15, 0.2) is 12.4 Å². The van der Waals surface area contributed by atoms with Crippen LogP contribution in [0.4, 0.5) is 0 Å². The summed E-state index contributed by atoms with van der Waals surface area (Å²) in [5.74, 6) is 1.68. The topological polar surface area (TPSA) is 79.3 Å². The first-order valence-corrected chi connectivity index (χ1v) is 14.7. The Bertz CT molecular complexity index is 1240. The zero-order valence-corrected chi connectivity index (χ0v) is 25.1. The number of ether oxygens (including phenoxy) is 2. The minimum atomic E-state index is -0.403. The largest absolute Gasteiger partial charge is 0.507 e. The summed E-state index contributed by atoms with van der Waals surface area (Å²) < 4.78 is 11.8. The van der Waals surface area contributed by atoms with E-state index in [9.17, 15) is 14.7 Å². The Morgan fingerprint density at radius 3 is 1.93 bits per heavy atom. The van der Waals surface area contributed by atoms with Gasteiger partial charge in [-0.25, -0.2) is 4.79 Å². The first-order chi connectivity index (χ1) is 18.9. The van der Waals surface area contributed by atoms with E-state index < -0.39 is 5.97 Å². The van der Waals surface area contributed by atoms with E-state index in [1.54, 1.807) is 24.3 Å². The van der Waals surface area contributed by atoms with E-state index in [0.717, 1.165) is 19.3 Å². The van der Waals surface area contributed by atoms with Gasteiger partial charge in [-0.2, -0.15) is 0 Å². The summed E-state index contributed by atoms with van der Waals surface area (Å²) in [7, 11) is 7.59. The summed E-state index contributed by atoms with van der Waals surface area (Å²) in [4.78, 5) is 30.2. The minimum Gasteiger partial charge on any atom is -0.507 e. The van der Waals surface area contributed by atoms with E-state index in [0.29, 0.717) is 47.5 Å². The van der Waals surface area contributed by atoms with Crippen molar-refractivity contribution in [2.24, 2.45) is 17.8 Å². The standard InChI is InChI=1S/C31H38Cl2N2O5/c1-34(2)15-22-10-21(11-23(29(22)37)16-35(3)4)30(38)24-5-6-25(28(33)27(24)32)39-17-26(36)40-31-12-18-7-19(13-31)9-20(8-18)14-31/h5-6,10-11,18-20,37H,7-9,12-17H2,1-4H3. The van der Waals surface area contributed by atoms with Gasteiger partial charge < -0.3 is 24.4 Å². The van der Waals surface area contributed by atoms with Crippen LogP contribution in [-0.4, -0.2) is 67.1 Å². The number of carbonyl (C=O) groups excluding carboxylic acids is 2. The van der Waals surface area contributed by atoms with Crippen molar-refractivity contribution in [1.82, 2.24) is 9.80 Å². The lowest BCUT2D eigenvalue weighted by molar-refractivity contribution is -0.188. The number of hydrogen-bond donors (Lipinski definition) is 1. The molecule has 0 heterocycles. The third kappa shape index (κ3) is 6.13. The number of benzene rings is 2. The minimum absolute atomic E-state index is 0.0509. The molecule has 4 aliphatic rings. The van der Waals surface area contributed by atoms with E-state index >= 15 is 0 Å². The van der Waals surface area contributed by atoms with Gasteiger partial charge in [0.1, 0.15) is 22.1 Å². The van der Waals surface area contributed by atoms with Crippen LogP contribution in [0.3, 0.4) is 0 Å². The molecule has 2 aromatic carbocycles. The number of ketones is 1. The highest BCUT2D eigenvalue weighted by Gasteiger charge is 2.53. The van der Waals surface area contributed by atoms with Crippen molar-refractivity contribution in [3.63, 3.8) is 0 Å². The molecule has 0 unspecified atom stereocenters. The Kier molecular flexibility index (Phi) is 8.40. The summed E-state index contributed by atoms with van der Waals surface area (Å²) in [5, 5.41) is 10.9. The maximum atomic E-state index is 13.6. The number of phenols is 1. The molecule has 9 heteroatoms. The Morgan fingerprint density at radius 1 is 0.900 bits per heavy atom. The van der Waals surface area contributed by atoms with E-state index in [1.165, 1.54) is 19.3 Å². The summed E-state index contributed by atoms with van der Waals surface area (Å²) in [5.41, 5.74) is 1.57. The number of aromatic hydroxyl groups is 1. The molecule has 4 bridgehead atoms. The molecule has 0 radical (unpaired) electrons. The van der Waals surface area contributed by atoms with Gasteiger partial charge in [0, 0.05) is 35.3 Å². The third-order valence-electron chi connectivity index (χ3n) is 8.45. The van der Waals surface area contributed by atoms with Crippen LogP contribution in [0.2, 0.25) is 10.0 Å². The van der Waals surface area contributed by atoms with Crippen LogP contribution in [0.5, 0.6) is 11.5 Å². The first kappa shape index (κ1) is 29.2. The van der Waals surface area contributed by atoms with Crippen molar-refractivity contribution in [3.05, 3.63) is 56.6 Å². The number of phenolic OH excluding ortho intramolecular Hbond substituents is 1. The van der Waals surface area contributed by atoms with Gasteiger partial charge in [-0.3, -0.25) is 4.79 Å². The molecule has 2 aromatic rings. The van der Waals surface area contributed by atoms with Gasteiger partial charge >= 0.3 is 5.97 Å². The van der Waals surface area contributed by atoms with E-state index in [-0.39, 0.29) is 45.1 Å². The molecule has 0 spiro atoms. The molecule has 4 aliphatic carbocycles. The van der Waals surface area contributed by atoms with Crippen molar-refractivity contribution in [3.8, 4) is 11.5 Å². The second kappa shape index (κ2) is 11.5. The van der Waals surface area contributed by atoms with Crippen molar-refractivity contribution in [2.45, 2.75) is 57.2 Å². The lowest BCUT2D eigenvalue weighted by atomic mass is 9.54. The highest BCUT2D eigenvalue weighted by Crippen LogP contribution is 2.57. The van der Waals surface area contributed by atoms with Gasteiger partial charge in [-0.15, -0.1) is 0 Å².